The Kier molecular flexibility index (Phi) is 5.84. The molecule has 3 heterocycles. The largest absolute Gasteiger partial charge is 0.383 e. The molecule has 1 aromatic carbocycles. The van der Waals surface area contributed by atoms with Crippen molar-refractivity contribution in [3.63, 3.8) is 0 Å². The Morgan fingerprint density at radius 1 is 1.28 bits per heavy atom. The molecule has 1 amide bonds. The summed E-state index contributed by atoms with van der Waals surface area (Å²) in [7, 11) is 1.63. The fourth-order valence-electron chi connectivity index (χ4n) is 4.17. The van der Waals surface area contributed by atoms with E-state index in [-0.39, 0.29) is 11.8 Å². The molecule has 0 unspecified atom stereocenters. The van der Waals surface area contributed by atoms with E-state index >= 15 is 0 Å². The quantitative estimate of drug-likeness (QED) is 0.395. The molecule has 1 aliphatic rings. The number of carbonyl (C=O) groups excluding carboxylic acids is 1. The summed E-state index contributed by atoms with van der Waals surface area (Å²) in [5.41, 5.74) is 2.62. The number of benzene rings is 1. The molecule has 0 atom stereocenters. The second-order valence-corrected chi connectivity index (χ2v) is 8.88. The van der Waals surface area contributed by atoms with E-state index in [0.29, 0.717) is 23.7 Å². The van der Waals surface area contributed by atoms with E-state index in [4.69, 9.17) is 9.72 Å². The summed E-state index contributed by atoms with van der Waals surface area (Å²) >= 11 is 3.54. The molecular weight excluding hydrogens is 472 g/mol. The van der Waals surface area contributed by atoms with Gasteiger partial charge >= 0.3 is 0 Å². The molecule has 0 bridgehead atoms. The molecule has 9 heteroatoms. The van der Waals surface area contributed by atoms with Crippen molar-refractivity contribution in [2.45, 2.75) is 19.3 Å². The van der Waals surface area contributed by atoms with Crippen molar-refractivity contribution in [3.8, 4) is 5.69 Å². The first kappa shape index (κ1) is 21.0. The minimum atomic E-state index is 0.0754. The maximum absolute atomic E-state index is 12.2. The van der Waals surface area contributed by atoms with Crippen LogP contribution in [0.25, 0.3) is 27.6 Å². The van der Waals surface area contributed by atoms with Crippen molar-refractivity contribution in [3.05, 3.63) is 53.2 Å². The zero-order valence-electron chi connectivity index (χ0n) is 17.7. The highest BCUT2D eigenvalue weighted by molar-refractivity contribution is 9.10. The molecule has 1 saturated carbocycles. The molecule has 0 radical (unpaired) electrons. The predicted octanol–water partition coefficient (Wildman–Crippen LogP) is 3.46. The van der Waals surface area contributed by atoms with Crippen LogP contribution in [-0.4, -0.2) is 50.9 Å². The number of nitrogens with one attached hydrogen (secondary N) is 1. The van der Waals surface area contributed by atoms with Crippen molar-refractivity contribution >= 4 is 43.8 Å². The third-order valence-corrected chi connectivity index (χ3v) is 6.53. The second-order valence-electron chi connectivity index (χ2n) is 8.13. The smallest absolute Gasteiger partial charge is 0.223 e. The summed E-state index contributed by atoms with van der Waals surface area (Å²) in [6, 6.07) is 10.00. The molecule has 8 nitrogen and oxygen atoms in total. The van der Waals surface area contributed by atoms with E-state index in [1.165, 1.54) is 0 Å². The fourth-order valence-corrected chi connectivity index (χ4v) is 4.61. The Bertz CT molecular complexity index is 1280. The maximum Gasteiger partial charge on any atom is 0.223 e. The number of ether oxygens (including phenoxy) is 1. The van der Waals surface area contributed by atoms with Gasteiger partial charge in [0, 0.05) is 43.8 Å². The predicted molar refractivity (Wildman–Crippen MR) is 124 cm³/mol. The van der Waals surface area contributed by atoms with Gasteiger partial charge in [0.05, 0.1) is 23.2 Å². The van der Waals surface area contributed by atoms with Crippen molar-refractivity contribution in [2.75, 3.05) is 20.3 Å². The van der Waals surface area contributed by atoms with Crippen LogP contribution in [0, 0.1) is 11.8 Å². The minimum absolute atomic E-state index is 0.0754. The SMILES string of the molecule is COCCNC(=O)C1CC(Cc2ncc3c(Br)nn(-c4ccc5ncccc5c4)c3n2)C1. The number of amides is 1. The highest BCUT2D eigenvalue weighted by Gasteiger charge is 2.34. The normalized spacial score (nSPS) is 18.1. The van der Waals surface area contributed by atoms with Crippen molar-refractivity contribution in [1.29, 1.82) is 0 Å². The van der Waals surface area contributed by atoms with Crippen LogP contribution in [0.1, 0.15) is 18.7 Å². The first-order valence-electron chi connectivity index (χ1n) is 10.6. The molecule has 1 N–H and O–H groups in total. The van der Waals surface area contributed by atoms with Gasteiger partial charge in [0.1, 0.15) is 10.4 Å². The van der Waals surface area contributed by atoms with Crippen LogP contribution in [0.15, 0.2) is 47.3 Å². The van der Waals surface area contributed by atoms with E-state index in [9.17, 15) is 4.79 Å². The number of nitrogens with zero attached hydrogens (tertiary/aromatic N) is 5. The van der Waals surface area contributed by atoms with E-state index in [2.05, 4.69) is 42.4 Å². The summed E-state index contributed by atoms with van der Waals surface area (Å²) in [5.74, 6) is 1.38. The average Bonchev–Trinajstić information content (AvgIpc) is 3.11. The van der Waals surface area contributed by atoms with Gasteiger partial charge in [-0.1, -0.05) is 6.07 Å². The van der Waals surface area contributed by atoms with Crippen LogP contribution in [0.5, 0.6) is 0 Å². The lowest BCUT2D eigenvalue weighted by molar-refractivity contribution is -0.129. The molecule has 5 rings (SSSR count). The second kappa shape index (κ2) is 8.91. The molecule has 1 fully saturated rings. The first-order chi connectivity index (χ1) is 15.6. The Balaban J connectivity index is 1.34. The third-order valence-electron chi connectivity index (χ3n) is 5.94. The molecule has 0 spiro atoms. The highest BCUT2D eigenvalue weighted by atomic mass is 79.9. The third kappa shape index (κ3) is 4.10. The Morgan fingerprint density at radius 2 is 2.16 bits per heavy atom. The number of hydrogen-bond donors (Lipinski definition) is 1. The number of aromatic nitrogens is 5. The van der Waals surface area contributed by atoms with Gasteiger partial charge in [0.15, 0.2) is 5.65 Å². The topological polar surface area (TPSA) is 94.8 Å². The van der Waals surface area contributed by atoms with Crippen LogP contribution < -0.4 is 5.32 Å². The summed E-state index contributed by atoms with van der Waals surface area (Å²) in [6.45, 7) is 1.09. The highest BCUT2D eigenvalue weighted by Crippen LogP contribution is 2.36. The number of hydrogen-bond acceptors (Lipinski definition) is 6. The molecule has 0 saturated heterocycles. The van der Waals surface area contributed by atoms with E-state index in [1.807, 2.05) is 35.1 Å². The van der Waals surface area contributed by atoms with Gasteiger partial charge in [0.2, 0.25) is 5.91 Å². The van der Waals surface area contributed by atoms with E-state index in [0.717, 1.165) is 52.7 Å². The zero-order chi connectivity index (χ0) is 22.1. The summed E-state index contributed by atoms with van der Waals surface area (Å²) < 4.78 is 7.53. The van der Waals surface area contributed by atoms with Crippen LogP contribution >= 0.6 is 15.9 Å². The number of carbonyl (C=O) groups is 1. The Hall–Kier alpha value is -2.91. The van der Waals surface area contributed by atoms with Crippen molar-refractivity contribution in [1.82, 2.24) is 30.0 Å². The van der Waals surface area contributed by atoms with Gasteiger partial charge in [0.25, 0.3) is 0 Å². The molecule has 32 heavy (non-hydrogen) atoms. The fraction of sp³-hybridized carbons (Fsp3) is 0.348. The number of rotatable bonds is 7. The van der Waals surface area contributed by atoms with Crippen LogP contribution in [0.4, 0.5) is 0 Å². The average molecular weight is 495 g/mol. The molecule has 4 aromatic rings. The minimum Gasteiger partial charge on any atom is -0.383 e. The maximum atomic E-state index is 12.2. The van der Waals surface area contributed by atoms with Gasteiger partial charge < -0.3 is 10.1 Å². The number of fused-ring (bicyclic) bond motifs is 2. The summed E-state index contributed by atoms with van der Waals surface area (Å²) in [4.78, 5) is 25.9. The van der Waals surface area contributed by atoms with Gasteiger partial charge in [-0.05, 0) is 59.0 Å². The summed E-state index contributed by atoms with van der Waals surface area (Å²) in [5, 5.41) is 9.47. The Morgan fingerprint density at radius 3 is 3.00 bits per heavy atom. The molecule has 164 valence electrons. The van der Waals surface area contributed by atoms with E-state index in [1.54, 1.807) is 13.3 Å². The van der Waals surface area contributed by atoms with Gasteiger partial charge in [-0.25, -0.2) is 14.6 Å². The van der Waals surface area contributed by atoms with Gasteiger partial charge in [-0.3, -0.25) is 9.78 Å². The number of methoxy groups -OCH3 is 1. The lowest BCUT2D eigenvalue weighted by Gasteiger charge is -2.33. The van der Waals surface area contributed by atoms with E-state index < -0.39 is 0 Å². The monoisotopic (exact) mass is 494 g/mol. The van der Waals surface area contributed by atoms with Crippen LogP contribution in [-0.2, 0) is 16.0 Å². The van der Waals surface area contributed by atoms with Crippen molar-refractivity contribution in [2.24, 2.45) is 11.8 Å². The molecule has 0 aliphatic heterocycles. The molecule has 3 aromatic heterocycles. The lowest BCUT2D eigenvalue weighted by atomic mass is 9.72. The van der Waals surface area contributed by atoms with Gasteiger partial charge in [-0.2, -0.15) is 5.10 Å². The molecular formula is C23H23BrN6O2. The van der Waals surface area contributed by atoms with Gasteiger partial charge in [-0.15, -0.1) is 0 Å². The van der Waals surface area contributed by atoms with Crippen LogP contribution in [0.3, 0.4) is 0 Å². The Labute approximate surface area is 193 Å². The first-order valence-corrected chi connectivity index (χ1v) is 11.4. The van der Waals surface area contributed by atoms with Crippen LogP contribution in [0.2, 0.25) is 0 Å². The standard InChI is InChI=1S/C23H23BrN6O2/c1-32-8-7-26-23(31)16-9-14(10-16)11-20-27-13-18-21(24)29-30(22(18)28-20)17-4-5-19-15(12-17)3-2-6-25-19/h2-6,12-14,16H,7-11H2,1H3,(H,26,31). The van der Waals surface area contributed by atoms with Crippen molar-refractivity contribution < 1.29 is 9.53 Å². The summed E-state index contributed by atoms with van der Waals surface area (Å²) in [6.07, 6.45) is 6.08. The number of halogens is 1. The number of pyridine rings is 1. The lowest BCUT2D eigenvalue weighted by Crippen LogP contribution is -2.40. The zero-order valence-corrected chi connectivity index (χ0v) is 19.2. The molecule has 1 aliphatic carbocycles.